The summed E-state index contributed by atoms with van der Waals surface area (Å²) in [5.74, 6) is 2.73. The van der Waals surface area contributed by atoms with Gasteiger partial charge in [0, 0.05) is 50.7 Å². The molecule has 0 radical (unpaired) electrons. The highest BCUT2D eigenvalue weighted by atomic mass is 16.5. The summed E-state index contributed by atoms with van der Waals surface area (Å²) in [6.07, 6.45) is 7.82. The molecule has 1 atom stereocenters. The molecule has 0 N–H and O–H groups in total. The van der Waals surface area contributed by atoms with Crippen LogP contribution in [0.2, 0.25) is 0 Å². The molecule has 0 unspecified atom stereocenters. The second-order valence-corrected chi connectivity index (χ2v) is 6.94. The molecule has 0 saturated carbocycles. The van der Waals surface area contributed by atoms with E-state index in [-0.39, 0.29) is 11.8 Å². The maximum Gasteiger partial charge on any atom is 0.227 e. The van der Waals surface area contributed by atoms with Gasteiger partial charge in [0.25, 0.3) is 0 Å². The maximum absolute atomic E-state index is 12.6. The lowest BCUT2D eigenvalue weighted by Gasteiger charge is -2.34. The van der Waals surface area contributed by atoms with E-state index in [1.807, 2.05) is 31.1 Å². The quantitative estimate of drug-likeness (QED) is 0.804. The molecular weight excluding hydrogens is 318 g/mol. The van der Waals surface area contributed by atoms with Crippen LogP contribution in [0.4, 0.5) is 0 Å². The highest BCUT2D eigenvalue weighted by Crippen LogP contribution is 2.23. The van der Waals surface area contributed by atoms with Gasteiger partial charge in [-0.1, -0.05) is 25.9 Å². The molecule has 1 saturated heterocycles. The molecule has 136 valence electrons. The Morgan fingerprint density at radius 2 is 2.28 bits per heavy atom. The van der Waals surface area contributed by atoms with Gasteiger partial charge in [-0.15, -0.1) is 0 Å². The van der Waals surface area contributed by atoms with Gasteiger partial charge in [0.2, 0.25) is 11.8 Å². The van der Waals surface area contributed by atoms with Crippen LogP contribution in [0.5, 0.6) is 0 Å². The van der Waals surface area contributed by atoms with Crippen molar-refractivity contribution in [3.8, 4) is 0 Å². The summed E-state index contributed by atoms with van der Waals surface area (Å²) in [5.41, 5.74) is 0. The Bertz CT molecular complexity index is 706. The smallest absolute Gasteiger partial charge is 0.227 e. The van der Waals surface area contributed by atoms with Gasteiger partial charge in [0.05, 0.1) is 6.04 Å². The Morgan fingerprint density at radius 1 is 1.44 bits per heavy atom. The van der Waals surface area contributed by atoms with Gasteiger partial charge < -0.3 is 14.0 Å². The molecule has 3 heterocycles. The first-order chi connectivity index (χ1) is 12.1. The average molecular weight is 345 g/mol. The number of likely N-dealkylation sites (tertiary alicyclic amines) is 1. The minimum atomic E-state index is 0.159. The van der Waals surface area contributed by atoms with Crippen LogP contribution >= 0.6 is 0 Å². The van der Waals surface area contributed by atoms with Gasteiger partial charge in [-0.2, -0.15) is 4.98 Å². The Kier molecular flexibility index (Phi) is 5.50. The molecule has 0 aliphatic carbocycles. The molecule has 1 fully saturated rings. The SMILES string of the molecule is CCc1nccn1[C@@H]1CCCN(C(=O)CCc2nc(C(C)C)no2)C1. The van der Waals surface area contributed by atoms with Gasteiger partial charge in [-0.25, -0.2) is 4.98 Å². The Morgan fingerprint density at radius 3 is 3.00 bits per heavy atom. The zero-order valence-electron chi connectivity index (χ0n) is 15.3. The summed E-state index contributed by atoms with van der Waals surface area (Å²) in [5, 5.41) is 3.95. The Labute approximate surface area is 148 Å². The minimum Gasteiger partial charge on any atom is -0.341 e. The minimum absolute atomic E-state index is 0.159. The normalized spacial score (nSPS) is 18.1. The summed E-state index contributed by atoms with van der Waals surface area (Å²) < 4.78 is 7.46. The molecule has 0 aromatic carbocycles. The van der Waals surface area contributed by atoms with Crippen molar-refractivity contribution in [3.05, 3.63) is 29.9 Å². The predicted molar refractivity (Wildman–Crippen MR) is 93.2 cm³/mol. The van der Waals surface area contributed by atoms with Crippen molar-refractivity contribution in [2.45, 2.75) is 64.8 Å². The molecule has 7 nitrogen and oxygen atoms in total. The Hall–Kier alpha value is -2.18. The van der Waals surface area contributed by atoms with Gasteiger partial charge in [-0.05, 0) is 12.8 Å². The molecule has 25 heavy (non-hydrogen) atoms. The zero-order valence-corrected chi connectivity index (χ0v) is 15.3. The van der Waals surface area contributed by atoms with Crippen molar-refractivity contribution in [1.82, 2.24) is 24.6 Å². The van der Waals surface area contributed by atoms with Gasteiger partial charge >= 0.3 is 0 Å². The van der Waals surface area contributed by atoms with Gasteiger partial charge in [0.1, 0.15) is 5.82 Å². The predicted octanol–water partition coefficient (Wildman–Crippen LogP) is 2.75. The number of aromatic nitrogens is 4. The Balaban J connectivity index is 1.56. The van der Waals surface area contributed by atoms with Crippen LogP contribution in [0.25, 0.3) is 0 Å². The number of nitrogens with zero attached hydrogens (tertiary/aromatic N) is 5. The molecule has 3 rings (SSSR count). The van der Waals surface area contributed by atoms with Crippen molar-refractivity contribution < 1.29 is 9.32 Å². The fourth-order valence-corrected chi connectivity index (χ4v) is 3.33. The van der Waals surface area contributed by atoms with Crippen molar-refractivity contribution >= 4 is 5.91 Å². The third-order valence-corrected chi connectivity index (χ3v) is 4.76. The van der Waals surface area contributed by atoms with Crippen LogP contribution in [-0.4, -0.2) is 43.6 Å². The summed E-state index contributed by atoms with van der Waals surface area (Å²) in [7, 11) is 0. The van der Waals surface area contributed by atoms with Crippen molar-refractivity contribution in [2.75, 3.05) is 13.1 Å². The van der Waals surface area contributed by atoms with E-state index in [9.17, 15) is 4.79 Å². The molecule has 1 aliphatic heterocycles. The van der Waals surface area contributed by atoms with Crippen LogP contribution in [-0.2, 0) is 17.6 Å². The third-order valence-electron chi connectivity index (χ3n) is 4.76. The molecule has 7 heteroatoms. The molecule has 2 aromatic rings. The number of rotatable bonds is 6. The lowest BCUT2D eigenvalue weighted by molar-refractivity contribution is -0.132. The topological polar surface area (TPSA) is 77.1 Å². The number of carbonyl (C=O) groups is 1. The van der Waals surface area contributed by atoms with Gasteiger partial charge in [-0.3, -0.25) is 4.79 Å². The fraction of sp³-hybridized carbons (Fsp3) is 0.667. The second-order valence-electron chi connectivity index (χ2n) is 6.94. The summed E-state index contributed by atoms with van der Waals surface area (Å²) in [6, 6.07) is 0.325. The molecule has 1 aliphatic rings. The van der Waals surface area contributed by atoms with Crippen molar-refractivity contribution in [1.29, 1.82) is 0 Å². The summed E-state index contributed by atoms with van der Waals surface area (Å²) >= 11 is 0. The lowest BCUT2D eigenvalue weighted by Crippen LogP contribution is -2.41. The number of hydrogen-bond donors (Lipinski definition) is 0. The van der Waals surface area contributed by atoms with E-state index >= 15 is 0 Å². The lowest BCUT2D eigenvalue weighted by atomic mass is 10.0. The van der Waals surface area contributed by atoms with Crippen LogP contribution in [0.3, 0.4) is 0 Å². The van der Waals surface area contributed by atoms with E-state index in [4.69, 9.17) is 4.52 Å². The average Bonchev–Trinajstić information content (AvgIpc) is 3.28. The fourth-order valence-electron chi connectivity index (χ4n) is 3.33. The number of piperidine rings is 1. The first-order valence-electron chi connectivity index (χ1n) is 9.20. The molecular formula is C18H27N5O2. The van der Waals surface area contributed by atoms with Crippen LogP contribution < -0.4 is 0 Å². The molecule has 1 amide bonds. The highest BCUT2D eigenvalue weighted by molar-refractivity contribution is 5.76. The summed E-state index contributed by atoms with van der Waals surface area (Å²) in [4.78, 5) is 23.3. The number of carbonyl (C=O) groups excluding carboxylic acids is 1. The second kappa shape index (κ2) is 7.80. The standard InChI is InChI=1S/C18H27N5O2/c1-4-15-19-9-11-23(15)14-6-5-10-22(12-14)17(24)8-7-16-20-18(13(2)3)21-25-16/h9,11,13-14H,4-8,10,12H2,1-3H3/t14-/m1/s1. The number of aryl methyl sites for hydroxylation is 2. The monoisotopic (exact) mass is 345 g/mol. The largest absolute Gasteiger partial charge is 0.341 e. The number of amides is 1. The van der Waals surface area contributed by atoms with Crippen LogP contribution in [0, 0.1) is 0 Å². The molecule has 0 spiro atoms. The van der Waals surface area contributed by atoms with Gasteiger partial charge in [0.15, 0.2) is 5.82 Å². The maximum atomic E-state index is 12.6. The first-order valence-corrected chi connectivity index (χ1v) is 9.20. The first kappa shape index (κ1) is 17.6. The summed E-state index contributed by atoms with van der Waals surface area (Å²) in [6.45, 7) is 7.73. The van der Waals surface area contributed by atoms with E-state index < -0.39 is 0 Å². The highest BCUT2D eigenvalue weighted by Gasteiger charge is 2.25. The van der Waals surface area contributed by atoms with Crippen molar-refractivity contribution in [2.24, 2.45) is 0 Å². The van der Waals surface area contributed by atoms with Crippen LogP contribution in [0.1, 0.15) is 69.5 Å². The van der Waals surface area contributed by atoms with E-state index in [1.165, 1.54) is 0 Å². The van der Waals surface area contributed by atoms with E-state index in [2.05, 4.69) is 26.6 Å². The zero-order chi connectivity index (χ0) is 17.8. The van der Waals surface area contributed by atoms with E-state index in [0.29, 0.717) is 30.6 Å². The van der Waals surface area contributed by atoms with E-state index in [0.717, 1.165) is 38.2 Å². The van der Waals surface area contributed by atoms with E-state index in [1.54, 1.807) is 0 Å². The number of hydrogen-bond acceptors (Lipinski definition) is 5. The van der Waals surface area contributed by atoms with Crippen molar-refractivity contribution in [3.63, 3.8) is 0 Å². The number of imidazole rings is 1. The van der Waals surface area contributed by atoms with Crippen LogP contribution in [0.15, 0.2) is 16.9 Å². The molecule has 2 aromatic heterocycles. The third kappa shape index (κ3) is 4.08. The molecule has 0 bridgehead atoms.